The van der Waals surface area contributed by atoms with Gasteiger partial charge < -0.3 is 14.8 Å². The second-order valence-electron chi connectivity index (χ2n) is 4.08. The van der Waals surface area contributed by atoms with E-state index in [0.29, 0.717) is 0 Å². The number of nitrogens with zero attached hydrogens (tertiary/aromatic N) is 4. The second-order valence-corrected chi connectivity index (χ2v) is 4.08. The molecule has 17 heavy (non-hydrogen) atoms. The lowest BCUT2D eigenvalue weighted by Gasteiger charge is -2.22. The van der Waals surface area contributed by atoms with Gasteiger partial charge in [0.15, 0.2) is 5.96 Å². The third-order valence-corrected chi connectivity index (χ3v) is 1.97. The quantitative estimate of drug-likeness (QED) is 0.496. The molecule has 1 heterocycles. The van der Waals surface area contributed by atoms with Crippen molar-refractivity contribution in [3.05, 3.63) is 18.7 Å². The standard InChI is InChI=1S/C9H21N3.C3H4N2/c1-6-7-8-10-9(11(2)3)12(4)5;1-2-5-3-4-1/h6-8H2,1-5H3;1-3H,(H,4,5). The number of aromatic nitrogens is 2. The first-order valence-corrected chi connectivity index (χ1v) is 5.91. The summed E-state index contributed by atoms with van der Waals surface area (Å²) in [6.45, 7) is 3.11. The first-order chi connectivity index (χ1) is 8.09. The van der Waals surface area contributed by atoms with Gasteiger partial charge in [0.1, 0.15) is 0 Å². The lowest BCUT2D eigenvalue weighted by atomic mass is 10.3. The first kappa shape index (κ1) is 15.5. The lowest BCUT2D eigenvalue weighted by Crippen LogP contribution is -2.35. The summed E-state index contributed by atoms with van der Waals surface area (Å²) in [6.07, 6.45) is 7.46. The molecule has 0 radical (unpaired) electrons. The van der Waals surface area contributed by atoms with E-state index in [-0.39, 0.29) is 0 Å². The molecule has 5 nitrogen and oxygen atoms in total. The van der Waals surface area contributed by atoms with Crippen LogP contribution in [0.3, 0.4) is 0 Å². The van der Waals surface area contributed by atoms with Gasteiger partial charge in [-0.2, -0.15) is 0 Å². The minimum Gasteiger partial charge on any atom is -0.351 e. The molecule has 1 aromatic rings. The SMILES string of the molecule is CCCCN=C(N(C)C)N(C)C.c1c[nH]cn1. The smallest absolute Gasteiger partial charge is 0.195 e. The maximum Gasteiger partial charge on any atom is 0.195 e. The van der Waals surface area contributed by atoms with Crippen LogP contribution in [0.15, 0.2) is 23.7 Å². The van der Waals surface area contributed by atoms with Crippen molar-refractivity contribution in [3.63, 3.8) is 0 Å². The summed E-state index contributed by atoms with van der Waals surface area (Å²) in [4.78, 5) is 15.0. The van der Waals surface area contributed by atoms with Crippen LogP contribution in [0.2, 0.25) is 0 Å². The number of hydrogen-bond donors (Lipinski definition) is 1. The minimum absolute atomic E-state index is 0.933. The Morgan fingerprint density at radius 3 is 2.18 bits per heavy atom. The fourth-order valence-electron chi connectivity index (χ4n) is 1.24. The number of aromatic amines is 1. The Morgan fingerprint density at radius 2 is 1.88 bits per heavy atom. The van der Waals surface area contributed by atoms with Crippen molar-refractivity contribution < 1.29 is 0 Å². The zero-order chi connectivity index (χ0) is 13.1. The van der Waals surface area contributed by atoms with Crippen LogP contribution in [0.25, 0.3) is 0 Å². The van der Waals surface area contributed by atoms with Crippen LogP contribution in [0.1, 0.15) is 19.8 Å². The van der Waals surface area contributed by atoms with Gasteiger partial charge in [0.05, 0.1) is 6.33 Å². The highest BCUT2D eigenvalue weighted by Gasteiger charge is 2.02. The Bertz CT molecular complexity index is 250. The predicted molar refractivity (Wildman–Crippen MR) is 73.2 cm³/mol. The summed E-state index contributed by atoms with van der Waals surface area (Å²) in [5.41, 5.74) is 0. The van der Waals surface area contributed by atoms with Crippen LogP contribution in [-0.4, -0.2) is 60.5 Å². The number of H-pyrrole nitrogens is 1. The summed E-state index contributed by atoms with van der Waals surface area (Å²) in [7, 11) is 8.07. The fraction of sp³-hybridized carbons (Fsp3) is 0.667. The van der Waals surface area contributed by atoms with E-state index in [1.165, 1.54) is 12.8 Å². The van der Waals surface area contributed by atoms with Gasteiger partial charge in [0.2, 0.25) is 0 Å². The van der Waals surface area contributed by atoms with Crippen molar-refractivity contribution in [3.8, 4) is 0 Å². The van der Waals surface area contributed by atoms with Gasteiger partial charge in [-0.1, -0.05) is 13.3 Å². The van der Waals surface area contributed by atoms with E-state index >= 15 is 0 Å². The van der Waals surface area contributed by atoms with Crippen LogP contribution in [0.4, 0.5) is 0 Å². The van der Waals surface area contributed by atoms with E-state index in [1.807, 2.05) is 38.0 Å². The molecule has 1 N–H and O–H groups in total. The van der Waals surface area contributed by atoms with E-state index in [2.05, 4.69) is 21.9 Å². The van der Waals surface area contributed by atoms with Crippen molar-refractivity contribution in [2.75, 3.05) is 34.7 Å². The zero-order valence-electron chi connectivity index (χ0n) is 11.6. The van der Waals surface area contributed by atoms with Gasteiger partial charge in [-0.25, -0.2) is 4.98 Å². The molecule has 0 bridgehead atoms. The highest BCUT2D eigenvalue weighted by atomic mass is 15.3. The maximum atomic E-state index is 4.48. The highest BCUT2D eigenvalue weighted by Crippen LogP contribution is 1.92. The van der Waals surface area contributed by atoms with Crippen LogP contribution in [0, 0.1) is 0 Å². The minimum atomic E-state index is 0.933. The summed E-state index contributed by atoms with van der Waals surface area (Å²) in [6, 6.07) is 0. The summed E-state index contributed by atoms with van der Waals surface area (Å²) in [5.74, 6) is 1.04. The molecule has 98 valence electrons. The van der Waals surface area contributed by atoms with Crippen molar-refractivity contribution in [2.24, 2.45) is 4.99 Å². The highest BCUT2D eigenvalue weighted by molar-refractivity contribution is 5.79. The van der Waals surface area contributed by atoms with Crippen molar-refractivity contribution in [1.29, 1.82) is 0 Å². The Hall–Kier alpha value is -1.52. The molecular formula is C12H25N5. The molecular weight excluding hydrogens is 214 g/mol. The van der Waals surface area contributed by atoms with E-state index < -0.39 is 0 Å². The molecule has 0 aliphatic carbocycles. The molecule has 0 unspecified atom stereocenters. The number of nitrogens with one attached hydrogen (secondary N) is 1. The number of rotatable bonds is 3. The normalized spacial score (nSPS) is 9.00. The fourth-order valence-corrected chi connectivity index (χ4v) is 1.24. The van der Waals surface area contributed by atoms with Crippen LogP contribution < -0.4 is 0 Å². The molecule has 0 amide bonds. The van der Waals surface area contributed by atoms with Gasteiger partial charge in [0, 0.05) is 47.1 Å². The third-order valence-electron chi connectivity index (χ3n) is 1.97. The molecule has 0 aliphatic rings. The Balaban J connectivity index is 0.000000419. The molecule has 0 fully saturated rings. The predicted octanol–water partition coefficient (Wildman–Crippen LogP) is 1.68. The maximum absolute atomic E-state index is 4.48. The van der Waals surface area contributed by atoms with E-state index in [9.17, 15) is 0 Å². The molecule has 1 aromatic heterocycles. The van der Waals surface area contributed by atoms with Crippen LogP contribution >= 0.6 is 0 Å². The molecule has 0 saturated heterocycles. The molecule has 0 saturated carbocycles. The summed E-state index contributed by atoms with van der Waals surface area (Å²) < 4.78 is 0. The van der Waals surface area contributed by atoms with Crippen molar-refractivity contribution in [1.82, 2.24) is 19.8 Å². The number of hydrogen-bond acceptors (Lipinski definition) is 2. The largest absolute Gasteiger partial charge is 0.351 e. The number of guanidine groups is 1. The third kappa shape index (κ3) is 8.30. The van der Waals surface area contributed by atoms with E-state index in [0.717, 1.165) is 12.5 Å². The Kier molecular flexibility index (Phi) is 8.82. The second kappa shape index (κ2) is 9.69. The van der Waals surface area contributed by atoms with Gasteiger partial charge in [-0.15, -0.1) is 0 Å². The van der Waals surface area contributed by atoms with Gasteiger partial charge in [-0.3, -0.25) is 4.99 Å². The summed E-state index contributed by atoms with van der Waals surface area (Å²) in [5, 5.41) is 0. The Morgan fingerprint density at radius 1 is 1.24 bits per heavy atom. The monoisotopic (exact) mass is 239 g/mol. The van der Waals surface area contributed by atoms with E-state index in [1.54, 1.807) is 18.7 Å². The molecule has 0 aliphatic heterocycles. The average Bonchev–Trinajstić information content (AvgIpc) is 2.81. The molecule has 0 spiro atoms. The van der Waals surface area contributed by atoms with Gasteiger partial charge in [-0.05, 0) is 6.42 Å². The Labute approximate surface area is 105 Å². The summed E-state index contributed by atoms with van der Waals surface area (Å²) >= 11 is 0. The number of unbranched alkanes of at least 4 members (excludes halogenated alkanes) is 1. The average molecular weight is 239 g/mol. The topological polar surface area (TPSA) is 47.5 Å². The van der Waals surface area contributed by atoms with Crippen LogP contribution in [-0.2, 0) is 0 Å². The molecule has 1 rings (SSSR count). The molecule has 5 heteroatoms. The number of aliphatic imine (C=N–C) groups is 1. The van der Waals surface area contributed by atoms with Crippen LogP contribution in [0.5, 0.6) is 0 Å². The van der Waals surface area contributed by atoms with Gasteiger partial charge >= 0.3 is 0 Å². The number of imidazole rings is 1. The first-order valence-electron chi connectivity index (χ1n) is 5.91. The zero-order valence-corrected chi connectivity index (χ0v) is 11.6. The van der Waals surface area contributed by atoms with Crippen molar-refractivity contribution in [2.45, 2.75) is 19.8 Å². The molecule has 0 aromatic carbocycles. The molecule has 0 atom stereocenters. The van der Waals surface area contributed by atoms with Gasteiger partial charge in [0.25, 0.3) is 0 Å². The van der Waals surface area contributed by atoms with E-state index in [4.69, 9.17) is 0 Å². The van der Waals surface area contributed by atoms with Crippen molar-refractivity contribution >= 4 is 5.96 Å². The lowest BCUT2D eigenvalue weighted by molar-refractivity contribution is 0.478.